The average Bonchev–Trinajstić information content (AvgIpc) is 2.81. The fourth-order valence-electron chi connectivity index (χ4n) is 3.79. The van der Waals surface area contributed by atoms with E-state index in [-0.39, 0.29) is 30.5 Å². The van der Waals surface area contributed by atoms with E-state index in [4.69, 9.17) is 17.3 Å². The van der Waals surface area contributed by atoms with E-state index in [0.717, 1.165) is 22.1 Å². The summed E-state index contributed by atoms with van der Waals surface area (Å²) in [7, 11) is 1.71. The Morgan fingerprint density at radius 3 is 2.48 bits per heavy atom. The topological polar surface area (TPSA) is 89.2 Å². The van der Waals surface area contributed by atoms with Crippen LogP contribution in [-0.4, -0.2) is 10.6 Å². The minimum absolute atomic E-state index is 0. The third kappa shape index (κ3) is 5.20. The van der Waals surface area contributed by atoms with Gasteiger partial charge in [0.25, 0.3) is 5.56 Å². The number of anilines is 1. The molecule has 0 spiro atoms. The highest BCUT2D eigenvalue weighted by molar-refractivity contribution is 6.31. The van der Waals surface area contributed by atoms with Crippen LogP contribution < -0.4 is 21.9 Å². The van der Waals surface area contributed by atoms with Gasteiger partial charge in [0.2, 0.25) is 0 Å². The smallest absolute Gasteiger partial charge is 0.319 e. The van der Waals surface area contributed by atoms with Crippen molar-refractivity contribution >= 4 is 46.5 Å². The third-order valence-electron chi connectivity index (χ3n) is 5.38. The lowest BCUT2D eigenvalue weighted by Crippen LogP contribution is -2.32. The van der Waals surface area contributed by atoms with Gasteiger partial charge in [0.15, 0.2) is 0 Å². The van der Waals surface area contributed by atoms with Gasteiger partial charge in [0.1, 0.15) is 0 Å². The van der Waals surface area contributed by atoms with E-state index in [0.29, 0.717) is 28.3 Å². The summed E-state index contributed by atoms with van der Waals surface area (Å²) in [6.07, 6.45) is 0. The number of pyridine rings is 1. The maximum atomic E-state index is 13.0. The number of aromatic nitrogens is 1. The number of carbonyl (C=O) groups is 1. The number of halogens is 2. The second kappa shape index (κ2) is 10.5. The number of urea groups is 1. The van der Waals surface area contributed by atoms with E-state index in [2.05, 4.69) is 10.6 Å². The highest BCUT2D eigenvalue weighted by Gasteiger charge is 2.17. The van der Waals surface area contributed by atoms with Crippen LogP contribution >= 0.6 is 24.0 Å². The van der Waals surface area contributed by atoms with Gasteiger partial charge in [-0.25, -0.2) is 4.79 Å². The molecule has 0 bridgehead atoms. The Kier molecular flexibility index (Phi) is 7.76. The fraction of sp³-hybridized carbons (Fsp3) is 0.120. The highest BCUT2D eigenvalue weighted by Crippen LogP contribution is 2.32. The van der Waals surface area contributed by atoms with Gasteiger partial charge in [0, 0.05) is 40.9 Å². The lowest BCUT2D eigenvalue weighted by molar-refractivity contribution is 0.251. The van der Waals surface area contributed by atoms with E-state index < -0.39 is 0 Å². The summed E-state index contributed by atoms with van der Waals surface area (Å²) in [5, 5.41) is 7.54. The molecule has 0 aliphatic carbocycles. The monoisotopic (exact) mass is 482 g/mol. The molecule has 4 rings (SSSR count). The van der Waals surface area contributed by atoms with Crippen LogP contribution in [0.1, 0.15) is 11.3 Å². The first-order chi connectivity index (χ1) is 15.5. The van der Waals surface area contributed by atoms with Gasteiger partial charge in [-0.05, 0) is 46.8 Å². The number of nitrogens with zero attached hydrogens (tertiary/aromatic N) is 1. The Morgan fingerprint density at radius 1 is 1.00 bits per heavy atom. The molecule has 170 valence electrons. The first-order valence-corrected chi connectivity index (χ1v) is 10.6. The standard InChI is InChI=1S/C25H23ClN4O2.ClH/c1-30-22(15-28-25(32)29-19-9-5-6-16(12-19)14-27)23(17-7-3-2-4-8-17)21-13-18(26)10-11-20(21)24(30)31;/h2-13H,14-15,27H2,1H3,(H2,28,29,32);1H. The van der Waals surface area contributed by atoms with Crippen molar-refractivity contribution in [1.82, 2.24) is 9.88 Å². The van der Waals surface area contributed by atoms with Crippen molar-refractivity contribution in [2.24, 2.45) is 12.8 Å². The number of carbonyl (C=O) groups excluding carboxylic acids is 1. The number of nitrogens with one attached hydrogen (secondary N) is 2. The first kappa shape index (κ1) is 24.3. The number of amides is 2. The SMILES string of the molecule is Cl.Cn1c(CNC(=O)Nc2cccc(CN)c2)c(-c2ccccc2)c2cc(Cl)ccc2c1=O. The second-order valence-electron chi connectivity index (χ2n) is 7.45. The van der Waals surface area contributed by atoms with E-state index >= 15 is 0 Å². The molecule has 6 nitrogen and oxygen atoms in total. The van der Waals surface area contributed by atoms with Crippen molar-refractivity contribution in [3.63, 3.8) is 0 Å². The quantitative estimate of drug-likeness (QED) is 0.371. The van der Waals surface area contributed by atoms with Crippen LogP contribution in [-0.2, 0) is 20.1 Å². The van der Waals surface area contributed by atoms with Crippen molar-refractivity contribution in [2.75, 3.05) is 5.32 Å². The Labute approximate surface area is 202 Å². The van der Waals surface area contributed by atoms with E-state index in [1.807, 2.05) is 48.5 Å². The predicted octanol–water partition coefficient (Wildman–Crippen LogP) is 5.06. The fourth-order valence-corrected chi connectivity index (χ4v) is 3.96. The Bertz CT molecular complexity index is 1350. The van der Waals surface area contributed by atoms with Gasteiger partial charge in [-0.15, -0.1) is 12.4 Å². The molecule has 4 N–H and O–H groups in total. The molecule has 8 heteroatoms. The van der Waals surface area contributed by atoms with Gasteiger partial charge < -0.3 is 20.9 Å². The van der Waals surface area contributed by atoms with Crippen molar-refractivity contribution in [3.05, 3.63) is 99.4 Å². The van der Waals surface area contributed by atoms with Crippen molar-refractivity contribution in [1.29, 1.82) is 0 Å². The second-order valence-corrected chi connectivity index (χ2v) is 7.89. The van der Waals surface area contributed by atoms with Crippen LogP contribution in [0, 0.1) is 0 Å². The minimum atomic E-state index is -0.378. The molecule has 4 aromatic rings. The molecule has 33 heavy (non-hydrogen) atoms. The summed E-state index contributed by atoms with van der Waals surface area (Å²) >= 11 is 6.27. The molecule has 0 unspecified atom stereocenters. The summed E-state index contributed by atoms with van der Waals surface area (Å²) in [5.41, 5.74) is 9.56. The highest BCUT2D eigenvalue weighted by atomic mass is 35.5. The predicted molar refractivity (Wildman–Crippen MR) is 137 cm³/mol. The van der Waals surface area contributed by atoms with Crippen LogP contribution in [0.5, 0.6) is 0 Å². The van der Waals surface area contributed by atoms with Gasteiger partial charge in [-0.1, -0.05) is 54.1 Å². The first-order valence-electron chi connectivity index (χ1n) is 10.2. The summed E-state index contributed by atoms with van der Waals surface area (Å²) in [5.74, 6) is 0. The molecular weight excluding hydrogens is 459 g/mol. The van der Waals surface area contributed by atoms with Crippen molar-refractivity contribution in [3.8, 4) is 11.1 Å². The van der Waals surface area contributed by atoms with Crippen molar-refractivity contribution < 1.29 is 4.79 Å². The molecule has 0 saturated carbocycles. The molecule has 1 aromatic heterocycles. The van der Waals surface area contributed by atoms with Crippen LogP contribution in [0.15, 0.2) is 77.6 Å². The number of hydrogen-bond donors (Lipinski definition) is 3. The molecule has 0 aliphatic rings. The zero-order chi connectivity index (χ0) is 22.7. The molecule has 0 radical (unpaired) electrons. The zero-order valence-electron chi connectivity index (χ0n) is 18.0. The lowest BCUT2D eigenvalue weighted by atomic mass is 9.96. The molecular formula is C25H24Cl2N4O2. The minimum Gasteiger partial charge on any atom is -0.332 e. The summed E-state index contributed by atoms with van der Waals surface area (Å²) < 4.78 is 1.58. The number of nitrogens with two attached hydrogens (primary N) is 1. The molecule has 0 atom stereocenters. The number of benzene rings is 3. The zero-order valence-corrected chi connectivity index (χ0v) is 19.5. The van der Waals surface area contributed by atoms with E-state index in [1.54, 1.807) is 35.9 Å². The maximum absolute atomic E-state index is 13.0. The summed E-state index contributed by atoms with van der Waals surface area (Å²) in [6.45, 7) is 0.542. The number of fused-ring (bicyclic) bond motifs is 1. The molecule has 0 saturated heterocycles. The van der Waals surface area contributed by atoms with Gasteiger partial charge in [0.05, 0.1) is 6.54 Å². The van der Waals surface area contributed by atoms with Crippen LogP contribution in [0.2, 0.25) is 5.02 Å². The lowest BCUT2D eigenvalue weighted by Gasteiger charge is -2.18. The number of rotatable bonds is 5. The maximum Gasteiger partial charge on any atom is 0.319 e. The van der Waals surface area contributed by atoms with Crippen LogP contribution in [0.4, 0.5) is 10.5 Å². The van der Waals surface area contributed by atoms with E-state index in [1.165, 1.54) is 0 Å². The van der Waals surface area contributed by atoms with Gasteiger partial charge >= 0.3 is 6.03 Å². The Balaban J connectivity index is 0.00000306. The Hall–Kier alpha value is -3.32. The van der Waals surface area contributed by atoms with Crippen LogP contribution in [0.3, 0.4) is 0 Å². The van der Waals surface area contributed by atoms with Crippen LogP contribution in [0.25, 0.3) is 21.9 Å². The average molecular weight is 483 g/mol. The summed E-state index contributed by atoms with van der Waals surface area (Å²) in [6, 6.07) is 22.0. The number of hydrogen-bond acceptors (Lipinski definition) is 3. The van der Waals surface area contributed by atoms with E-state index in [9.17, 15) is 9.59 Å². The molecule has 0 fully saturated rings. The molecule has 3 aromatic carbocycles. The van der Waals surface area contributed by atoms with Gasteiger partial charge in [-0.3, -0.25) is 4.79 Å². The largest absolute Gasteiger partial charge is 0.332 e. The third-order valence-corrected chi connectivity index (χ3v) is 5.61. The van der Waals surface area contributed by atoms with Gasteiger partial charge in [-0.2, -0.15) is 0 Å². The molecule has 1 heterocycles. The normalized spacial score (nSPS) is 10.5. The molecule has 0 aliphatic heterocycles. The Morgan fingerprint density at radius 2 is 1.76 bits per heavy atom. The molecule has 2 amide bonds. The summed E-state index contributed by atoms with van der Waals surface area (Å²) in [4.78, 5) is 25.6. The van der Waals surface area contributed by atoms with Crippen molar-refractivity contribution in [2.45, 2.75) is 13.1 Å².